The average Bonchev–Trinajstić information content (AvgIpc) is 2.73. The molecule has 0 aromatic heterocycles. The van der Waals surface area contributed by atoms with Crippen LogP contribution in [0.5, 0.6) is 0 Å². The molecule has 2 aromatic carbocycles. The first-order chi connectivity index (χ1) is 9.66. The minimum atomic E-state index is 0. The van der Waals surface area contributed by atoms with Crippen molar-refractivity contribution >= 4 is 0 Å². The van der Waals surface area contributed by atoms with Crippen molar-refractivity contribution in [2.45, 2.75) is 58.8 Å². The molecule has 0 amide bonds. The summed E-state index contributed by atoms with van der Waals surface area (Å²) in [6, 6.07) is 15.1. The van der Waals surface area contributed by atoms with Crippen LogP contribution in [-0.2, 0) is 39.0 Å². The molecular weight excluding hydrogens is 300 g/mol. The number of fused-ring (bicyclic) bond motifs is 3. The van der Waals surface area contributed by atoms with Crippen LogP contribution >= 0.6 is 0 Å². The van der Waals surface area contributed by atoms with E-state index in [1.807, 2.05) is 0 Å². The van der Waals surface area contributed by atoms with Gasteiger partial charge in [0, 0.05) is 21.7 Å². The zero-order valence-corrected chi connectivity index (χ0v) is 16.2. The second-order valence-corrected chi connectivity index (χ2v) is 8.33. The van der Waals surface area contributed by atoms with Crippen molar-refractivity contribution < 1.29 is 21.7 Å². The van der Waals surface area contributed by atoms with E-state index in [2.05, 4.69) is 77.9 Å². The summed E-state index contributed by atoms with van der Waals surface area (Å²) in [5, 5.41) is 0. The van der Waals surface area contributed by atoms with Gasteiger partial charge in [-0.05, 0) is 17.4 Å². The zero-order chi connectivity index (χ0) is 15.4. The molecule has 1 heteroatoms. The summed E-state index contributed by atoms with van der Waals surface area (Å²) in [4.78, 5) is 0. The van der Waals surface area contributed by atoms with Crippen molar-refractivity contribution in [2.24, 2.45) is 0 Å². The summed E-state index contributed by atoms with van der Waals surface area (Å²) >= 11 is 0. The second kappa shape index (κ2) is 5.66. The monoisotopic (exact) mass is 325 g/mol. The van der Waals surface area contributed by atoms with Crippen LogP contribution in [0.3, 0.4) is 0 Å². The first-order valence-electron chi connectivity index (χ1n) is 7.85. The van der Waals surface area contributed by atoms with Crippen LogP contribution in [0.4, 0.5) is 0 Å². The van der Waals surface area contributed by atoms with Crippen molar-refractivity contribution in [2.75, 3.05) is 0 Å². The van der Waals surface area contributed by atoms with E-state index in [9.17, 15) is 0 Å². The predicted molar refractivity (Wildman–Crippen MR) is 90.9 cm³/mol. The third-order valence-corrected chi connectivity index (χ3v) is 4.53. The molecule has 3 rings (SSSR count). The molecule has 22 heavy (non-hydrogen) atoms. The number of hydrogen-bond donors (Lipinski definition) is 0. The second-order valence-electron chi connectivity index (χ2n) is 8.33. The van der Waals surface area contributed by atoms with Gasteiger partial charge in [-0.2, -0.15) is 29.3 Å². The van der Waals surface area contributed by atoms with Gasteiger partial charge in [0.15, 0.2) is 0 Å². The Morgan fingerprint density at radius 2 is 1.41 bits per heavy atom. The van der Waals surface area contributed by atoms with Crippen molar-refractivity contribution in [3.05, 3.63) is 58.7 Å². The van der Waals surface area contributed by atoms with Gasteiger partial charge in [-0.25, -0.2) is 0 Å². The zero-order valence-electron chi connectivity index (χ0n) is 14.6. The summed E-state index contributed by atoms with van der Waals surface area (Å²) in [5.74, 6) is 0. The molecule has 0 spiro atoms. The SMILES string of the molecule is CC(C)(C)c1c[c-]c2c(c1)-c1cc(C(C)(C)C)ccc1C2.[Ti]. The van der Waals surface area contributed by atoms with Gasteiger partial charge in [-0.1, -0.05) is 76.3 Å². The Bertz CT molecular complexity index is 635. The number of hydrogen-bond acceptors (Lipinski definition) is 0. The third-order valence-electron chi connectivity index (χ3n) is 4.53. The maximum atomic E-state index is 3.53. The van der Waals surface area contributed by atoms with E-state index in [1.54, 1.807) is 0 Å². The first-order valence-corrected chi connectivity index (χ1v) is 7.85. The Hall–Kier alpha value is -0.846. The maximum Gasteiger partial charge on any atom is 0 e. The van der Waals surface area contributed by atoms with Gasteiger partial charge in [0.2, 0.25) is 0 Å². The normalized spacial score (nSPS) is 13.4. The summed E-state index contributed by atoms with van der Waals surface area (Å²) in [6.07, 6.45) is 1.03. The molecule has 114 valence electrons. The van der Waals surface area contributed by atoms with E-state index >= 15 is 0 Å². The van der Waals surface area contributed by atoms with E-state index in [0.29, 0.717) is 0 Å². The predicted octanol–water partition coefficient (Wildman–Crippen LogP) is 5.65. The third kappa shape index (κ3) is 3.10. The Kier molecular flexibility index (Phi) is 4.50. The molecule has 0 fully saturated rings. The Balaban J connectivity index is 0.00000176. The summed E-state index contributed by atoms with van der Waals surface area (Å²) in [7, 11) is 0. The number of rotatable bonds is 0. The van der Waals surface area contributed by atoms with Gasteiger partial charge in [0.05, 0.1) is 0 Å². The number of benzene rings is 2. The standard InChI is InChI=1S/C21H25.Ti/c1-20(2,3)16-9-7-14-11-15-8-10-17(21(4,5)6)13-19(15)18(14)12-16;/h7,9-10,12-13H,11H2,1-6H3;/q-1;. The molecule has 0 unspecified atom stereocenters. The summed E-state index contributed by atoms with van der Waals surface area (Å²) in [5.41, 5.74) is 8.76. The molecular formula is C21H25Ti-. The Labute approximate surface area is 150 Å². The molecule has 0 heterocycles. The van der Waals surface area contributed by atoms with Crippen molar-refractivity contribution in [1.29, 1.82) is 0 Å². The maximum absolute atomic E-state index is 3.53. The fourth-order valence-electron chi connectivity index (χ4n) is 2.98. The summed E-state index contributed by atoms with van der Waals surface area (Å²) in [6.45, 7) is 13.6. The Morgan fingerprint density at radius 3 is 2.00 bits per heavy atom. The van der Waals surface area contributed by atoms with E-state index in [1.165, 1.54) is 33.4 Å². The first kappa shape index (κ1) is 17.5. The van der Waals surface area contributed by atoms with Gasteiger partial charge in [-0.15, -0.1) is 5.56 Å². The van der Waals surface area contributed by atoms with Crippen molar-refractivity contribution in [3.8, 4) is 11.1 Å². The van der Waals surface area contributed by atoms with E-state index in [-0.39, 0.29) is 32.5 Å². The van der Waals surface area contributed by atoms with Crippen LogP contribution < -0.4 is 0 Å². The Morgan fingerprint density at radius 1 is 0.818 bits per heavy atom. The van der Waals surface area contributed by atoms with Crippen molar-refractivity contribution in [1.82, 2.24) is 0 Å². The molecule has 0 atom stereocenters. The van der Waals surface area contributed by atoms with Gasteiger partial charge in [0.1, 0.15) is 0 Å². The fourth-order valence-corrected chi connectivity index (χ4v) is 2.98. The molecule has 0 saturated carbocycles. The van der Waals surface area contributed by atoms with Gasteiger partial charge >= 0.3 is 0 Å². The minimum absolute atomic E-state index is 0. The molecule has 0 saturated heterocycles. The van der Waals surface area contributed by atoms with Crippen LogP contribution in [0.15, 0.2) is 30.3 Å². The smallest absolute Gasteiger partial charge is 0 e. The molecule has 0 N–H and O–H groups in total. The molecule has 0 bridgehead atoms. The molecule has 1 aliphatic carbocycles. The van der Waals surface area contributed by atoms with Crippen molar-refractivity contribution in [3.63, 3.8) is 0 Å². The average molecular weight is 325 g/mol. The molecule has 0 aliphatic heterocycles. The van der Waals surface area contributed by atoms with Crippen LogP contribution in [0, 0.1) is 6.07 Å². The van der Waals surface area contributed by atoms with Crippen LogP contribution in [0.25, 0.3) is 11.1 Å². The minimum Gasteiger partial charge on any atom is -0.179 e. The van der Waals surface area contributed by atoms with Gasteiger partial charge in [0.25, 0.3) is 0 Å². The quantitative estimate of drug-likeness (QED) is 0.370. The van der Waals surface area contributed by atoms with Gasteiger partial charge in [-0.3, -0.25) is 0 Å². The molecule has 2 aromatic rings. The molecule has 1 aliphatic rings. The van der Waals surface area contributed by atoms with Crippen LogP contribution in [-0.4, -0.2) is 0 Å². The van der Waals surface area contributed by atoms with Crippen LogP contribution in [0.2, 0.25) is 0 Å². The fraction of sp³-hybridized carbons (Fsp3) is 0.429. The van der Waals surface area contributed by atoms with Gasteiger partial charge < -0.3 is 0 Å². The summed E-state index contributed by atoms with van der Waals surface area (Å²) < 4.78 is 0. The van der Waals surface area contributed by atoms with Crippen LogP contribution in [0.1, 0.15) is 63.8 Å². The van der Waals surface area contributed by atoms with E-state index < -0.39 is 0 Å². The molecule has 0 radical (unpaired) electrons. The van der Waals surface area contributed by atoms with E-state index in [4.69, 9.17) is 0 Å². The topological polar surface area (TPSA) is 0 Å². The molecule has 0 nitrogen and oxygen atoms in total. The largest absolute Gasteiger partial charge is 0.179 e. The van der Waals surface area contributed by atoms with E-state index in [0.717, 1.165) is 6.42 Å².